The smallest absolute Gasteiger partial charge is 0.408 e. The van der Waals surface area contributed by atoms with Crippen LogP contribution in [0, 0.1) is 18.3 Å². The van der Waals surface area contributed by atoms with E-state index in [4.69, 9.17) is 4.74 Å². The Morgan fingerprint density at radius 1 is 0.688 bits per heavy atom. The Balaban J connectivity index is 2.44. The minimum Gasteiger partial charge on any atom is -0.481 e. The molecule has 2 aromatic carbocycles. The number of nitrogens with one attached hydrogen (secondary N) is 6. The quantitative estimate of drug-likeness (QED) is 0.0707. The Bertz CT molecular complexity index is 1960. The fourth-order valence-corrected chi connectivity index (χ4v) is 6.18. The normalized spacial score (nSPS) is 14.3. The van der Waals surface area contributed by atoms with Gasteiger partial charge in [0.05, 0.1) is 18.9 Å². The highest BCUT2D eigenvalue weighted by Crippen LogP contribution is 2.23. The van der Waals surface area contributed by atoms with Crippen molar-refractivity contribution < 1.29 is 71.3 Å². The van der Waals surface area contributed by atoms with Crippen LogP contribution in [-0.2, 0) is 56.1 Å². The van der Waals surface area contributed by atoms with Crippen LogP contribution in [0.2, 0.25) is 0 Å². The molecule has 8 N–H and O–H groups in total. The van der Waals surface area contributed by atoms with Gasteiger partial charge in [0, 0.05) is 12.8 Å². The lowest BCUT2D eigenvalue weighted by Crippen LogP contribution is -2.62. The number of carbonyl (C=O) groups is 9. The van der Waals surface area contributed by atoms with Crippen molar-refractivity contribution in [2.24, 2.45) is 11.3 Å². The lowest BCUT2D eigenvalue weighted by Gasteiger charge is -2.34. The van der Waals surface area contributed by atoms with Crippen LogP contribution in [0.3, 0.4) is 0 Å². The number of rotatable bonds is 24. The predicted molar refractivity (Wildman–Crippen MR) is 223 cm³/mol. The monoisotopic (exact) mass is 906 g/mol. The van der Waals surface area contributed by atoms with Crippen LogP contribution in [0.5, 0.6) is 0 Å². The molecule has 0 saturated carbocycles. The molecule has 0 heterocycles. The molecule has 0 bridgehead atoms. The van der Waals surface area contributed by atoms with E-state index in [-0.39, 0.29) is 31.7 Å². The molecule has 0 spiro atoms. The summed E-state index contributed by atoms with van der Waals surface area (Å²) in [6, 6.07) is 5.21. The Hall–Kier alpha value is -6.54. The second kappa shape index (κ2) is 24.9. The molecule has 21 heteroatoms. The molecule has 352 valence electrons. The summed E-state index contributed by atoms with van der Waals surface area (Å²) >= 11 is 0. The van der Waals surface area contributed by atoms with Crippen molar-refractivity contribution in [3.8, 4) is 0 Å². The second-order valence-electron chi connectivity index (χ2n) is 16.6. The molecule has 0 aromatic heterocycles. The summed E-state index contributed by atoms with van der Waals surface area (Å²) < 4.78 is 44.3. The van der Waals surface area contributed by atoms with E-state index in [1.807, 2.05) is 5.32 Å². The predicted octanol–water partition coefficient (Wildman–Crippen LogP) is 2.84. The number of carboxylic acids is 2. The SMILES string of the molecule is Cc1ccccc1C[C@H](NC(=O)[C@H](CCC(=O)O)NC(=O)[C@H](CC(=O)O)NC(=O)OCc1ccccc1)C(=O)N[C@H](C(=O)N[C@@H](CC(C)C)C(=O)N[C@H](C=O)CC(F)(F)F)C(C)(C)C. The van der Waals surface area contributed by atoms with Gasteiger partial charge in [-0.1, -0.05) is 89.2 Å². The first-order chi connectivity index (χ1) is 29.8. The van der Waals surface area contributed by atoms with E-state index in [1.54, 1.807) is 96.1 Å². The molecule has 18 nitrogen and oxygen atoms in total. The zero-order valence-electron chi connectivity index (χ0n) is 36.4. The fourth-order valence-electron chi connectivity index (χ4n) is 6.18. The van der Waals surface area contributed by atoms with Gasteiger partial charge in [-0.15, -0.1) is 0 Å². The van der Waals surface area contributed by atoms with Gasteiger partial charge >= 0.3 is 24.2 Å². The third-order valence-electron chi connectivity index (χ3n) is 9.50. The third-order valence-corrected chi connectivity index (χ3v) is 9.50. The number of hydrogen-bond donors (Lipinski definition) is 8. The van der Waals surface area contributed by atoms with Gasteiger partial charge in [-0.2, -0.15) is 13.2 Å². The van der Waals surface area contributed by atoms with Crippen molar-refractivity contribution in [3.05, 3.63) is 71.3 Å². The zero-order chi connectivity index (χ0) is 48.4. The first kappa shape index (κ1) is 53.6. The summed E-state index contributed by atoms with van der Waals surface area (Å²) in [7, 11) is 0. The van der Waals surface area contributed by atoms with Gasteiger partial charge in [0.25, 0.3) is 0 Å². The Labute approximate surface area is 368 Å². The molecule has 0 fully saturated rings. The van der Waals surface area contributed by atoms with Gasteiger partial charge in [0.1, 0.15) is 43.1 Å². The van der Waals surface area contributed by atoms with Crippen LogP contribution >= 0.6 is 0 Å². The van der Waals surface area contributed by atoms with Gasteiger partial charge in [-0.25, -0.2) is 4.79 Å². The molecule has 64 heavy (non-hydrogen) atoms. The van der Waals surface area contributed by atoms with E-state index in [0.717, 1.165) is 0 Å². The number of alkyl halides is 3. The first-order valence-electron chi connectivity index (χ1n) is 20.3. The Morgan fingerprint density at radius 3 is 1.78 bits per heavy atom. The van der Waals surface area contributed by atoms with Crippen molar-refractivity contribution in [1.29, 1.82) is 0 Å². The Morgan fingerprint density at radius 2 is 1.23 bits per heavy atom. The van der Waals surface area contributed by atoms with E-state index >= 15 is 0 Å². The largest absolute Gasteiger partial charge is 0.481 e. The molecule has 0 unspecified atom stereocenters. The average Bonchev–Trinajstić information content (AvgIpc) is 3.19. The maximum absolute atomic E-state index is 14.3. The van der Waals surface area contributed by atoms with E-state index in [2.05, 4.69) is 26.6 Å². The lowest BCUT2D eigenvalue weighted by molar-refractivity contribution is -0.147. The minimum atomic E-state index is -4.79. The number of aliphatic carboxylic acids is 2. The van der Waals surface area contributed by atoms with E-state index in [0.29, 0.717) is 16.7 Å². The zero-order valence-corrected chi connectivity index (χ0v) is 36.4. The maximum Gasteiger partial charge on any atom is 0.408 e. The van der Waals surface area contributed by atoms with Crippen molar-refractivity contribution >= 4 is 53.9 Å². The van der Waals surface area contributed by atoms with Crippen LogP contribution in [-0.4, -0.2) is 106 Å². The first-order valence-corrected chi connectivity index (χ1v) is 20.3. The number of carbonyl (C=O) groups excluding carboxylic acids is 7. The van der Waals surface area contributed by atoms with Crippen LogP contribution in [0.25, 0.3) is 0 Å². The van der Waals surface area contributed by atoms with E-state index < -0.39 is 121 Å². The number of aryl methyl sites for hydroxylation is 1. The van der Waals surface area contributed by atoms with E-state index in [9.17, 15) is 66.5 Å². The van der Waals surface area contributed by atoms with Gasteiger partial charge in [-0.05, 0) is 47.8 Å². The van der Waals surface area contributed by atoms with Gasteiger partial charge < -0.3 is 51.6 Å². The number of aldehydes is 1. The second-order valence-corrected chi connectivity index (χ2v) is 16.6. The minimum absolute atomic E-state index is 0.0756. The number of amides is 6. The summed E-state index contributed by atoms with van der Waals surface area (Å²) in [5.74, 6) is -8.47. The molecule has 0 aliphatic heterocycles. The van der Waals surface area contributed by atoms with Crippen molar-refractivity contribution in [2.75, 3.05) is 0 Å². The molecular formula is C43H57F3N6O12. The molecule has 0 saturated heterocycles. The molecule has 2 rings (SSSR count). The average molecular weight is 907 g/mol. The van der Waals surface area contributed by atoms with Crippen molar-refractivity contribution in [3.63, 3.8) is 0 Å². The van der Waals surface area contributed by atoms with Crippen LogP contribution in [0.1, 0.15) is 83.4 Å². The van der Waals surface area contributed by atoms with Gasteiger partial charge in [-0.3, -0.25) is 33.6 Å². The van der Waals surface area contributed by atoms with E-state index in [1.165, 1.54) is 0 Å². The lowest BCUT2D eigenvalue weighted by atomic mass is 9.85. The van der Waals surface area contributed by atoms with Crippen molar-refractivity contribution in [1.82, 2.24) is 31.9 Å². The fraction of sp³-hybridized carbons (Fsp3) is 0.512. The van der Waals surface area contributed by atoms with Crippen LogP contribution < -0.4 is 31.9 Å². The topological polar surface area (TPSA) is 275 Å². The highest BCUT2D eigenvalue weighted by Gasteiger charge is 2.39. The third kappa shape index (κ3) is 19.7. The molecule has 6 atom stereocenters. The number of ether oxygens (including phenoxy) is 1. The maximum atomic E-state index is 14.3. The summed E-state index contributed by atoms with van der Waals surface area (Å²) in [5, 5.41) is 32.9. The summed E-state index contributed by atoms with van der Waals surface area (Å²) in [5.41, 5.74) is 0.682. The van der Waals surface area contributed by atoms with Crippen molar-refractivity contribution in [2.45, 2.75) is 129 Å². The summed E-state index contributed by atoms with van der Waals surface area (Å²) in [6.07, 6.45) is -10.2. The van der Waals surface area contributed by atoms with Gasteiger partial charge in [0.15, 0.2) is 0 Å². The number of carboxylic acid groups (broad SMARTS) is 2. The number of hydrogen-bond acceptors (Lipinski definition) is 10. The number of benzene rings is 2. The molecular weight excluding hydrogens is 849 g/mol. The molecule has 2 aromatic rings. The number of halogens is 3. The molecule has 0 aliphatic rings. The highest BCUT2D eigenvalue weighted by molar-refractivity contribution is 5.97. The Kier molecular flexibility index (Phi) is 20.9. The molecule has 6 amide bonds. The number of alkyl carbamates (subject to hydrolysis) is 1. The standard InChI is InChI=1S/C43H57F3N6O12/c1-24(2)18-30(37(59)47-28(22-53)21-43(44,45)46)50-40(62)35(42(4,5)6)52-39(61)31(19-27-15-11-10-12-25(27)3)49-36(58)29(16-17-33(54)55)48-38(60)32(20-34(56)57)51-41(63)64-23-26-13-8-7-9-14-26/h7-15,22,24,28-32,35H,16-21,23H2,1-6H3,(H,47,59)(H,48,60)(H,49,58)(H,50,62)(H,51,63)(H,52,61)(H,54,55)(H,56,57)/t28-,29-,30-,31-,32-,35+/m0/s1. The molecule has 0 radical (unpaired) electrons. The van der Waals surface area contributed by atoms with Crippen LogP contribution in [0.15, 0.2) is 54.6 Å². The summed E-state index contributed by atoms with van der Waals surface area (Å²) in [6.45, 7) is 9.53. The highest BCUT2D eigenvalue weighted by atomic mass is 19.4. The summed E-state index contributed by atoms with van der Waals surface area (Å²) in [4.78, 5) is 116. The molecule has 0 aliphatic carbocycles. The van der Waals surface area contributed by atoms with Crippen LogP contribution in [0.4, 0.5) is 18.0 Å². The van der Waals surface area contributed by atoms with Gasteiger partial charge in [0.2, 0.25) is 29.5 Å².